The number of hydrogen-bond acceptors (Lipinski definition) is 3. The van der Waals surface area contributed by atoms with Crippen LogP contribution in [0.5, 0.6) is 0 Å². The molecule has 2 amide bonds. The molecule has 0 aromatic carbocycles. The second-order valence-electron chi connectivity index (χ2n) is 8.99. The minimum atomic E-state index is -0.737. The Bertz CT molecular complexity index is 442. The summed E-state index contributed by atoms with van der Waals surface area (Å²) in [6.45, 7) is 8.28. The quantitative estimate of drug-likeness (QED) is 0.218. The van der Waals surface area contributed by atoms with Crippen LogP contribution in [0.1, 0.15) is 130 Å². The molecule has 4 N–H and O–H groups in total. The molecule has 0 fully saturated rings. The lowest BCUT2D eigenvalue weighted by molar-refractivity contribution is -0.132. The zero-order valence-corrected chi connectivity index (χ0v) is 20.4. The molecule has 0 aliphatic heterocycles. The number of nitrogens with two attached hydrogens (primary N) is 2. The SMILES string of the molecule is CCCCCCCCCCCCN(CCCC)[C@@](CCCC)(CCC(N)=O)C(N)=O. The average molecular weight is 426 g/mol. The van der Waals surface area contributed by atoms with Crippen LogP contribution in [0.25, 0.3) is 0 Å². The molecule has 5 heteroatoms. The lowest BCUT2D eigenvalue weighted by atomic mass is 9.84. The van der Waals surface area contributed by atoms with Crippen LogP contribution in [-0.4, -0.2) is 35.3 Å². The first-order chi connectivity index (χ1) is 14.4. The summed E-state index contributed by atoms with van der Waals surface area (Å²) in [6.07, 6.45) is 18.4. The first-order valence-corrected chi connectivity index (χ1v) is 12.8. The summed E-state index contributed by atoms with van der Waals surface area (Å²) in [5.41, 5.74) is 10.6. The molecule has 0 bridgehead atoms. The Labute approximate surface area is 186 Å². The van der Waals surface area contributed by atoms with Gasteiger partial charge < -0.3 is 11.5 Å². The molecule has 0 unspecified atom stereocenters. The minimum absolute atomic E-state index is 0.216. The molecule has 0 spiro atoms. The van der Waals surface area contributed by atoms with E-state index in [0.29, 0.717) is 12.8 Å². The molecule has 178 valence electrons. The Morgan fingerprint density at radius 3 is 1.57 bits per heavy atom. The molecule has 0 aromatic heterocycles. The maximum Gasteiger partial charge on any atom is 0.237 e. The molecule has 0 saturated carbocycles. The number of unbranched alkanes of at least 4 members (excludes halogenated alkanes) is 11. The van der Waals surface area contributed by atoms with Gasteiger partial charge in [0.05, 0.1) is 0 Å². The number of carbonyl (C=O) groups is 2. The molecule has 0 rings (SSSR count). The Morgan fingerprint density at radius 1 is 0.633 bits per heavy atom. The van der Waals surface area contributed by atoms with Crippen molar-refractivity contribution in [3.8, 4) is 0 Å². The third-order valence-electron chi connectivity index (χ3n) is 6.36. The van der Waals surface area contributed by atoms with Gasteiger partial charge in [0.25, 0.3) is 0 Å². The van der Waals surface area contributed by atoms with Crippen LogP contribution in [0.2, 0.25) is 0 Å². The zero-order valence-electron chi connectivity index (χ0n) is 20.4. The summed E-state index contributed by atoms with van der Waals surface area (Å²) in [7, 11) is 0. The lowest BCUT2D eigenvalue weighted by Crippen LogP contribution is -2.58. The smallest absolute Gasteiger partial charge is 0.237 e. The highest BCUT2D eigenvalue weighted by molar-refractivity contribution is 5.85. The number of amides is 2. The Balaban J connectivity index is 4.74. The van der Waals surface area contributed by atoms with E-state index < -0.39 is 5.54 Å². The monoisotopic (exact) mass is 425 g/mol. The third kappa shape index (κ3) is 12.6. The second kappa shape index (κ2) is 18.7. The first kappa shape index (κ1) is 28.9. The topological polar surface area (TPSA) is 89.4 Å². The molecule has 0 aromatic rings. The molecule has 0 heterocycles. The van der Waals surface area contributed by atoms with E-state index in [4.69, 9.17) is 11.5 Å². The van der Waals surface area contributed by atoms with Gasteiger partial charge in [-0.1, -0.05) is 97.8 Å². The Kier molecular flexibility index (Phi) is 18.0. The van der Waals surface area contributed by atoms with Gasteiger partial charge >= 0.3 is 0 Å². The van der Waals surface area contributed by atoms with Crippen molar-refractivity contribution in [1.29, 1.82) is 0 Å². The number of hydrogen-bond donors (Lipinski definition) is 2. The highest BCUT2D eigenvalue weighted by Crippen LogP contribution is 2.29. The number of nitrogens with zero attached hydrogens (tertiary/aromatic N) is 1. The predicted octanol–water partition coefficient (Wildman–Crippen LogP) is 5.69. The van der Waals surface area contributed by atoms with E-state index in [-0.39, 0.29) is 18.2 Å². The van der Waals surface area contributed by atoms with Gasteiger partial charge in [0.2, 0.25) is 11.8 Å². The van der Waals surface area contributed by atoms with Gasteiger partial charge in [-0.2, -0.15) is 0 Å². The van der Waals surface area contributed by atoms with Crippen molar-refractivity contribution < 1.29 is 9.59 Å². The lowest BCUT2D eigenvalue weighted by Gasteiger charge is -2.42. The van der Waals surface area contributed by atoms with E-state index in [0.717, 1.165) is 45.2 Å². The van der Waals surface area contributed by atoms with Crippen molar-refractivity contribution in [1.82, 2.24) is 4.90 Å². The van der Waals surface area contributed by atoms with Gasteiger partial charge in [-0.05, 0) is 38.8 Å². The van der Waals surface area contributed by atoms with Crippen LogP contribution >= 0.6 is 0 Å². The average Bonchev–Trinajstić information content (AvgIpc) is 2.72. The Morgan fingerprint density at radius 2 is 1.10 bits per heavy atom. The van der Waals surface area contributed by atoms with Crippen LogP contribution in [-0.2, 0) is 9.59 Å². The van der Waals surface area contributed by atoms with Gasteiger partial charge in [-0.15, -0.1) is 0 Å². The fourth-order valence-corrected chi connectivity index (χ4v) is 4.32. The Hall–Kier alpha value is -1.10. The van der Waals surface area contributed by atoms with Crippen molar-refractivity contribution in [2.45, 2.75) is 135 Å². The van der Waals surface area contributed by atoms with Crippen LogP contribution in [0.4, 0.5) is 0 Å². The number of primary amides is 2. The minimum Gasteiger partial charge on any atom is -0.370 e. The van der Waals surface area contributed by atoms with E-state index in [9.17, 15) is 9.59 Å². The maximum atomic E-state index is 12.7. The van der Waals surface area contributed by atoms with Gasteiger partial charge in [0.15, 0.2) is 0 Å². The predicted molar refractivity (Wildman–Crippen MR) is 128 cm³/mol. The number of carbonyl (C=O) groups excluding carboxylic acids is 2. The standard InChI is InChI=1S/C25H51N3O2/c1-4-7-10-11-12-13-14-15-16-17-22-28(21-9-6-3)25(24(27)30,19-8-5-2)20-18-23(26)29/h4-22H2,1-3H3,(H2,26,29)(H2,27,30)/t25-/m0/s1. The third-order valence-corrected chi connectivity index (χ3v) is 6.36. The van der Waals surface area contributed by atoms with E-state index in [1.165, 1.54) is 57.8 Å². The highest BCUT2D eigenvalue weighted by Gasteiger charge is 2.41. The zero-order chi connectivity index (χ0) is 22.7. The molecule has 1 atom stereocenters. The molecule has 0 aliphatic carbocycles. The largest absolute Gasteiger partial charge is 0.370 e. The fourth-order valence-electron chi connectivity index (χ4n) is 4.32. The number of rotatable bonds is 22. The normalized spacial score (nSPS) is 13.5. The summed E-state index contributed by atoms with van der Waals surface area (Å²) >= 11 is 0. The second-order valence-corrected chi connectivity index (χ2v) is 8.99. The molecule has 0 radical (unpaired) electrons. The molecule has 0 saturated heterocycles. The summed E-state index contributed by atoms with van der Waals surface area (Å²) in [5.74, 6) is -0.646. The van der Waals surface area contributed by atoms with Crippen molar-refractivity contribution in [2.75, 3.05) is 13.1 Å². The van der Waals surface area contributed by atoms with E-state index in [2.05, 4.69) is 25.7 Å². The van der Waals surface area contributed by atoms with Crippen LogP contribution in [0.3, 0.4) is 0 Å². The molecular formula is C25H51N3O2. The van der Waals surface area contributed by atoms with Crippen molar-refractivity contribution in [3.05, 3.63) is 0 Å². The fraction of sp³-hybridized carbons (Fsp3) is 0.920. The molecule has 5 nitrogen and oxygen atoms in total. The van der Waals surface area contributed by atoms with Gasteiger partial charge in [0.1, 0.15) is 5.54 Å². The first-order valence-electron chi connectivity index (χ1n) is 12.8. The van der Waals surface area contributed by atoms with Crippen molar-refractivity contribution >= 4 is 11.8 Å². The summed E-state index contributed by atoms with van der Waals surface area (Å²) < 4.78 is 0. The van der Waals surface area contributed by atoms with Crippen LogP contribution in [0.15, 0.2) is 0 Å². The van der Waals surface area contributed by atoms with Gasteiger partial charge in [0, 0.05) is 6.42 Å². The van der Waals surface area contributed by atoms with Crippen molar-refractivity contribution in [2.24, 2.45) is 11.5 Å². The van der Waals surface area contributed by atoms with E-state index >= 15 is 0 Å². The summed E-state index contributed by atoms with van der Waals surface area (Å²) in [4.78, 5) is 26.4. The molecule has 0 aliphatic rings. The summed E-state index contributed by atoms with van der Waals surface area (Å²) in [6, 6.07) is 0. The van der Waals surface area contributed by atoms with Crippen LogP contribution < -0.4 is 11.5 Å². The van der Waals surface area contributed by atoms with E-state index in [1.807, 2.05) is 0 Å². The maximum absolute atomic E-state index is 12.7. The van der Waals surface area contributed by atoms with Crippen molar-refractivity contribution in [3.63, 3.8) is 0 Å². The molecular weight excluding hydrogens is 374 g/mol. The highest BCUT2D eigenvalue weighted by atomic mass is 16.2. The van der Waals surface area contributed by atoms with Gasteiger partial charge in [-0.25, -0.2) is 0 Å². The summed E-state index contributed by atoms with van der Waals surface area (Å²) in [5, 5.41) is 0. The van der Waals surface area contributed by atoms with Crippen LogP contribution in [0, 0.1) is 0 Å². The van der Waals surface area contributed by atoms with Gasteiger partial charge in [-0.3, -0.25) is 14.5 Å². The molecule has 30 heavy (non-hydrogen) atoms. The van der Waals surface area contributed by atoms with E-state index in [1.54, 1.807) is 0 Å².